The third kappa shape index (κ3) is 3.05. The quantitative estimate of drug-likeness (QED) is 0.882. The Balaban J connectivity index is 0.00000147. The summed E-state index contributed by atoms with van der Waals surface area (Å²) in [6.07, 6.45) is 4.68. The number of likely N-dealkylation sites (N-methyl/N-ethyl adjacent to an activating group) is 1. The topological polar surface area (TPSA) is 58.3 Å². The van der Waals surface area contributed by atoms with Gasteiger partial charge in [0.2, 0.25) is 5.95 Å². The average molecular weight is 298 g/mol. The Hall–Kier alpha value is -0.910. The summed E-state index contributed by atoms with van der Waals surface area (Å²) in [5.74, 6) is 0.897. The molecule has 0 radical (unpaired) electrons. The molecule has 1 saturated heterocycles. The number of aryl methyl sites for hydroxylation is 1. The monoisotopic (exact) mass is 297 g/mol. The molecule has 2 aliphatic rings. The minimum Gasteiger partial charge on any atom is -0.338 e. The lowest BCUT2D eigenvalue weighted by atomic mass is 9.94. The van der Waals surface area contributed by atoms with Crippen LogP contribution in [-0.2, 0) is 19.4 Å². The smallest absolute Gasteiger partial charge is 0.225 e. The van der Waals surface area contributed by atoms with Crippen molar-refractivity contribution in [1.82, 2.24) is 14.9 Å². The molecule has 5 nitrogen and oxygen atoms in total. The fraction of sp³-hybridized carbons (Fsp3) is 0.714. The minimum atomic E-state index is 0. The van der Waals surface area contributed by atoms with Crippen molar-refractivity contribution in [3.8, 4) is 0 Å². The maximum absolute atomic E-state index is 5.88. The van der Waals surface area contributed by atoms with Crippen molar-refractivity contribution in [2.75, 3.05) is 38.1 Å². The van der Waals surface area contributed by atoms with Crippen LogP contribution < -0.4 is 10.6 Å². The molecule has 0 saturated carbocycles. The molecule has 0 spiro atoms. The van der Waals surface area contributed by atoms with Gasteiger partial charge in [0.1, 0.15) is 0 Å². The zero-order valence-corrected chi connectivity index (χ0v) is 13.0. The summed E-state index contributed by atoms with van der Waals surface area (Å²) in [6, 6.07) is 0. The summed E-state index contributed by atoms with van der Waals surface area (Å²) in [7, 11) is 2.16. The van der Waals surface area contributed by atoms with Gasteiger partial charge in [-0.1, -0.05) is 0 Å². The first kappa shape index (κ1) is 15.5. The summed E-state index contributed by atoms with van der Waals surface area (Å²) >= 11 is 0. The normalized spacial score (nSPS) is 19.4. The number of aromatic nitrogens is 2. The Morgan fingerprint density at radius 2 is 1.75 bits per heavy atom. The largest absolute Gasteiger partial charge is 0.338 e. The van der Waals surface area contributed by atoms with Crippen molar-refractivity contribution in [2.45, 2.75) is 32.2 Å². The number of hydrogen-bond donors (Lipinski definition) is 1. The van der Waals surface area contributed by atoms with Crippen LogP contribution in [0.4, 0.5) is 5.95 Å². The van der Waals surface area contributed by atoms with Crippen LogP contribution in [0, 0.1) is 0 Å². The van der Waals surface area contributed by atoms with Crippen LogP contribution in [0.15, 0.2) is 0 Å². The second-order valence-electron chi connectivity index (χ2n) is 5.60. The summed E-state index contributed by atoms with van der Waals surface area (Å²) < 4.78 is 0. The zero-order valence-electron chi connectivity index (χ0n) is 12.1. The fourth-order valence-corrected chi connectivity index (χ4v) is 2.97. The second kappa shape index (κ2) is 6.70. The zero-order chi connectivity index (χ0) is 13.2. The van der Waals surface area contributed by atoms with Crippen molar-refractivity contribution < 1.29 is 0 Å². The maximum atomic E-state index is 5.88. The summed E-state index contributed by atoms with van der Waals surface area (Å²) in [5.41, 5.74) is 9.52. The van der Waals surface area contributed by atoms with Crippen LogP contribution >= 0.6 is 12.4 Å². The molecule has 1 aliphatic carbocycles. The molecule has 1 aromatic rings. The number of fused-ring (bicyclic) bond motifs is 1. The third-order valence-corrected chi connectivity index (χ3v) is 4.24. The Kier molecular flexibility index (Phi) is 5.18. The molecule has 0 bridgehead atoms. The summed E-state index contributed by atoms with van der Waals surface area (Å²) in [6.45, 7) is 4.72. The van der Waals surface area contributed by atoms with Gasteiger partial charge < -0.3 is 15.5 Å². The highest BCUT2D eigenvalue weighted by Crippen LogP contribution is 2.24. The number of anilines is 1. The number of nitrogens with two attached hydrogens (primary N) is 1. The lowest BCUT2D eigenvalue weighted by molar-refractivity contribution is 0.311. The third-order valence-electron chi connectivity index (χ3n) is 4.24. The maximum Gasteiger partial charge on any atom is 0.225 e. The molecule has 6 heteroatoms. The molecule has 0 amide bonds. The SMILES string of the molecule is CN1CCN(c2nc(CN)c3c(n2)CCCC3)CC1.Cl. The summed E-state index contributed by atoms with van der Waals surface area (Å²) in [5, 5.41) is 0. The summed E-state index contributed by atoms with van der Waals surface area (Å²) in [4.78, 5) is 14.2. The fourth-order valence-electron chi connectivity index (χ4n) is 2.97. The van der Waals surface area contributed by atoms with Gasteiger partial charge in [-0.2, -0.15) is 0 Å². The minimum absolute atomic E-state index is 0. The number of halogens is 1. The molecule has 20 heavy (non-hydrogen) atoms. The van der Waals surface area contributed by atoms with Crippen molar-refractivity contribution in [1.29, 1.82) is 0 Å². The van der Waals surface area contributed by atoms with Gasteiger partial charge in [-0.15, -0.1) is 12.4 Å². The molecule has 2 N–H and O–H groups in total. The molecule has 112 valence electrons. The molecule has 2 heterocycles. The Morgan fingerprint density at radius 3 is 2.45 bits per heavy atom. The molecule has 3 rings (SSSR count). The first-order valence-electron chi connectivity index (χ1n) is 7.30. The molecular weight excluding hydrogens is 274 g/mol. The second-order valence-corrected chi connectivity index (χ2v) is 5.60. The lowest BCUT2D eigenvalue weighted by Gasteiger charge is -2.33. The van der Waals surface area contributed by atoms with E-state index < -0.39 is 0 Å². The molecule has 1 fully saturated rings. The van der Waals surface area contributed by atoms with Crippen molar-refractivity contribution in [2.24, 2.45) is 5.73 Å². The van der Waals surface area contributed by atoms with E-state index in [1.54, 1.807) is 0 Å². The van der Waals surface area contributed by atoms with E-state index in [2.05, 4.69) is 16.8 Å². The van der Waals surface area contributed by atoms with Gasteiger partial charge in [0.25, 0.3) is 0 Å². The number of hydrogen-bond acceptors (Lipinski definition) is 5. The van der Waals surface area contributed by atoms with E-state index in [1.165, 1.54) is 24.1 Å². The molecular formula is C14H24ClN5. The Labute approximate surface area is 127 Å². The van der Waals surface area contributed by atoms with Crippen molar-refractivity contribution in [3.05, 3.63) is 17.0 Å². The van der Waals surface area contributed by atoms with Gasteiger partial charge in [0.05, 0.1) is 5.69 Å². The van der Waals surface area contributed by atoms with Crippen LogP contribution in [0.5, 0.6) is 0 Å². The molecule has 0 unspecified atom stereocenters. The lowest BCUT2D eigenvalue weighted by Crippen LogP contribution is -2.45. The van der Waals surface area contributed by atoms with Crippen LogP contribution in [0.3, 0.4) is 0 Å². The van der Waals surface area contributed by atoms with Crippen LogP contribution in [-0.4, -0.2) is 48.1 Å². The Morgan fingerprint density at radius 1 is 1.05 bits per heavy atom. The van der Waals surface area contributed by atoms with Gasteiger partial charge in [0, 0.05) is 38.4 Å². The highest BCUT2D eigenvalue weighted by Gasteiger charge is 2.21. The highest BCUT2D eigenvalue weighted by molar-refractivity contribution is 5.85. The number of rotatable bonds is 2. The molecule has 1 aromatic heterocycles. The van der Waals surface area contributed by atoms with Gasteiger partial charge >= 0.3 is 0 Å². The highest BCUT2D eigenvalue weighted by atomic mass is 35.5. The predicted octanol–water partition coefficient (Wildman–Crippen LogP) is 0.988. The van der Waals surface area contributed by atoms with E-state index in [4.69, 9.17) is 15.7 Å². The Bertz CT molecular complexity index is 440. The first-order valence-corrected chi connectivity index (χ1v) is 7.30. The molecule has 0 atom stereocenters. The van der Waals surface area contributed by atoms with Crippen molar-refractivity contribution in [3.63, 3.8) is 0 Å². The van der Waals surface area contributed by atoms with Gasteiger partial charge in [-0.3, -0.25) is 0 Å². The molecule has 0 aromatic carbocycles. The molecule has 1 aliphatic heterocycles. The van der Waals surface area contributed by atoms with Crippen molar-refractivity contribution >= 4 is 18.4 Å². The van der Waals surface area contributed by atoms with E-state index in [-0.39, 0.29) is 12.4 Å². The van der Waals surface area contributed by atoms with Crippen LogP contribution in [0.1, 0.15) is 29.8 Å². The van der Waals surface area contributed by atoms with E-state index in [1.807, 2.05) is 0 Å². The van der Waals surface area contributed by atoms with Gasteiger partial charge in [-0.25, -0.2) is 9.97 Å². The van der Waals surface area contributed by atoms with Crippen LogP contribution in [0.25, 0.3) is 0 Å². The van der Waals surface area contributed by atoms with E-state index >= 15 is 0 Å². The van der Waals surface area contributed by atoms with E-state index in [0.717, 1.165) is 50.7 Å². The predicted molar refractivity (Wildman–Crippen MR) is 83.5 cm³/mol. The van der Waals surface area contributed by atoms with Crippen LogP contribution in [0.2, 0.25) is 0 Å². The van der Waals surface area contributed by atoms with Gasteiger partial charge in [0.15, 0.2) is 0 Å². The first-order chi connectivity index (χ1) is 9.28. The van der Waals surface area contributed by atoms with Gasteiger partial charge in [-0.05, 0) is 38.3 Å². The number of nitrogens with zero attached hydrogens (tertiary/aromatic N) is 4. The van der Waals surface area contributed by atoms with E-state index in [9.17, 15) is 0 Å². The average Bonchev–Trinajstić information content (AvgIpc) is 2.47. The number of piperazine rings is 1. The van der Waals surface area contributed by atoms with E-state index in [0.29, 0.717) is 6.54 Å². The standard InChI is InChI=1S/C14H23N5.ClH/c1-18-6-8-19(9-7-18)14-16-12-5-3-2-4-11(12)13(10-15)17-14;/h2-10,15H2,1H3;1H.